The number of phenolic OH excluding ortho intramolecular Hbond substituents is 2. The first-order valence-corrected chi connectivity index (χ1v) is 6.29. The molecule has 0 saturated carbocycles. The van der Waals surface area contributed by atoms with E-state index in [2.05, 4.69) is 10.3 Å². The van der Waals surface area contributed by atoms with Crippen molar-refractivity contribution >= 4 is 11.3 Å². The number of hydrogen-bond donors (Lipinski definition) is 3. The van der Waals surface area contributed by atoms with Crippen LogP contribution < -0.4 is 5.32 Å². The molecule has 5 heteroatoms. The van der Waals surface area contributed by atoms with Crippen molar-refractivity contribution in [3.05, 3.63) is 40.3 Å². The monoisotopic (exact) mass is 250 g/mol. The molecule has 17 heavy (non-hydrogen) atoms. The van der Waals surface area contributed by atoms with E-state index >= 15 is 0 Å². The number of phenols is 2. The number of hydrogen-bond acceptors (Lipinski definition) is 5. The second-order valence-electron chi connectivity index (χ2n) is 3.69. The number of nitrogens with one attached hydrogen (secondary N) is 1. The molecule has 0 bridgehead atoms. The maximum absolute atomic E-state index is 9.58. The third-order valence-electron chi connectivity index (χ3n) is 2.46. The highest BCUT2D eigenvalue weighted by atomic mass is 32.1. The fourth-order valence-electron chi connectivity index (χ4n) is 1.52. The molecule has 0 atom stereocenters. The Hall–Kier alpha value is -1.59. The molecule has 0 radical (unpaired) electrons. The summed E-state index contributed by atoms with van der Waals surface area (Å²) in [6.45, 7) is 1.32. The minimum absolute atomic E-state index is 0.0475. The molecule has 1 heterocycles. The normalized spacial score (nSPS) is 10.6. The Morgan fingerprint density at radius 1 is 1.29 bits per heavy atom. The van der Waals surface area contributed by atoms with E-state index in [4.69, 9.17) is 0 Å². The fraction of sp³-hybridized carbons (Fsp3) is 0.250. The van der Waals surface area contributed by atoms with Gasteiger partial charge in [0.1, 0.15) is 0 Å². The molecule has 0 saturated heterocycles. The average molecular weight is 250 g/mol. The van der Waals surface area contributed by atoms with E-state index in [1.54, 1.807) is 23.5 Å². The van der Waals surface area contributed by atoms with Gasteiger partial charge in [-0.2, -0.15) is 0 Å². The molecule has 4 nitrogen and oxygen atoms in total. The van der Waals surface area contributed by atoms with Crippen LogP contribution in [-0.4, -0.2) is 21.7 Å². The van der Waals surface area contributed by atoms with E-state index in [1.807, 2.05) is 10.9 Å². The SMILES string of the molecule is Oc1cccc(CNCCc2cscn2)c1O. The van der Waals surface area contributed by atoms with Gasteiger partial charge in [-0.1, -0.05) is 12.1 Å². The molecule has 1 aromatic carbocycles. The van der Waals surface area contributed by atoms with E-state index in [0.29, 0.717) is 12.1 Å². The first-order valence-electron chi connectivity index (χ1n) is 5.35. The molecule has 0 spiro atoms. The maximum atomic E-state index is 9.58. The lowest BCUT2D eigenvalue weighted by molar-refractivity contribution is 0.398. The van der Waals surface area contributed by atoms with Gasteiger partial charge in [-0.15, -0.1) is 11.3 Å². The number of rotatable bonds is 5. The Morgan fingerprint density at radius 3 is 2.94 bits per heavy atom. The Balaban J connectivity index is 1.80. The van der Waals surface area contributed by atoms with Gasteiger partial charge in [0.2, 0.25) is 0 Å². The van der Waals surface area contributed by atoms with Gasteiger partial charge >= 0.3 is 0 Å². The zero-order valence-corrected chi connectivity index (χ0v) is 10.1. The number of aromatic nitrogens is 1. The first-order chi connectivity index (χ1) is 8.27. The summed E-state index contributed by atoms with van der Waals surface area (Å²) >= 11 is 1.59. The average Bonchev–Trinajstić information content (AvgIpc) is 2.83. The van der Waals surface area contributed by atoms with E-state index in [9.17, 15) is 10.2 Å². The largest absolute Gasteiger partial charge is 0.504 e. The summed E-state index contributed by atoms with van der Waals surface area (Å²) in [6, 6.07) is 4.96. The first kappa shape index (κ1) is 11.9. The smallest absolute Gasteiger partial charge is 0.161 e. The number of para-hydroxylation sites is 1. The quantitative estimate of drug-likeness (QED) is 0.560. The van der Waals surface area contributed by atoms with Crippen LogP contribution in [-0.2, 0) is 13.0 Å². The number of nitrogens with zero attached hydrogens (tertiary/aromatic N) is 1. The second kappa shape index (κ2) is 5.65. The van der Waals surface area contributed by atoms with E-state index < -0.39 is 0 Å². The van der Waals surface area contributed by atoms with Crippen LogP contribution in [0.4, 0.5) is 0 Å². The molecule has 2 rings (SSSR count). The Bertz CT molecular complexity index is 471. The maximum Gasteiger partial charge on any atom is 0.161 e. The minimum Gasteiger partial charge on any atom is -0.504 e. The van der Waals surface area contributed by atoms with Crippen LogP contribution in [0.15, 0.2) is 29.1 Å². The highest BCUT2D eigenvalue weighted by molar-refractivity contribution is 7.07. The molecule has 3 N–H and O–H groups in total. The fourth-order valence-corrected chi connectivity index (χ4v) is 2.11. The van der Waals surface area contributed by atoms with Crippen LogP contribution in [0.2, 0.25) is 0 Å². The standard InChI is InChI=1S/C12H14N2O2S/c15-11-3-1-2-9(12(11)16)6-13-5-4-10-7-17-8-14-10/h1-3,7-8,13,15-16H,4-6H2. The van der Waals surface area contributed by atoms with Crippen molar-refractivity contribution in [2.45, 2.75) is 13.0 Å². The van der Waals surface area contributed by atoms with E-state index in [0.717, 1.165) is 18.7 Å². The van der Waals surface area contributed by atoms with Crippen molar-refractivity contribution in [3.63, 3.8) is 0 Å². The van der Waals surface area contributed by atoms with Gasteiger partial charge in [-0.05, 0) is 6.07 Å². The molecule has 0 aliphatic carbocycles. The number of aromatic hydroxyl groups is 2. The molecule has 0 unspecified atom stereocenters. The summed E-state index contributed by atoms with van der Waals surface area (Å²) in [5.41, 5.74) is 3.59. The lowest BCUT2D eigenvalue weighted by Crippen LogP contribution is -2.16. The zero-order chi connectivity index (χ0) is 12.1. The molecule has 2 aromatic rings. The van der Waals surface area contributed by atoms with Crippen molar-refractivity contribution in [3.8, 4) is 11.5 Å². The summed E-state index contributed by atoms with van der Waals surface area (Å²) < 4.78 is 0. The lowest BCUT2D eigenvalue weighted by Gasteiger charge is -2.07. The summed E-state index contributed by atoms with van der Waals surface area (Å²) in [6.07, 6.45) is 0.864. The predicted molar refractivity (Wildman–Crippen MR) is 67.3 cm³/mol. The van der Waals surface area contributed by atoms with Crippen LogP contribution in [0.5, 0.6) is 11.5 Å². The van der Waals surface area contributed by atoms with Gasteiger partial charge < -0.3 is 15.5 Å². The highest BCUT2D eigenvalue weighted by Crippen LogP contribution is 2.27. The van der Waals surface area contributed by atoms with Gasteiger partial charge in [0.15, 0.2) is 11.5 Å². The van der Waals surface area contributed by atoms with Crippen molar-refractivity contribution in [2.24, 2.45) is 0 Å². The molecular weight excluding hydrogens is 236 g/mol. The van der Waals surface area contributed by atoms with Crippen molar-refractivity contribution in [1.82, 2.24) is 10.3 Å². The van der Waals surface area contributed by atoms with Crippen LogP contribution in [0, 0.1) is 0 Å². The van der Waals surface area contributed by atoms with Gasteiger partial charge in [0.25, 0.3) is 0 Å². The molecule has 0 fully saturated rings. The Labute approximate surface area is 104 Å². The molecule has 0 aliphatic heterocycles. The third-order valence-corrected chi connectivity index (χ3v) is 3.09. The van der Waals surface area contributed by atoms with Crippen molar-refractivity contribution < 1.29 is 10.2 Å². The molecule has 1 aromatic heterocycles. The van der Waals surface area contributed by atoms with Crippen LogP contribution in [0.25, 0.3) is 0 Å². The zero-order valence-electron chi connectivity index (χ0n) is 9.26. The van der Waals surface area contributed by atoms with Gasteiger partial charge in [-0.25, -0.2) is 4.98 Å². The topological polar surface area (TPSA) is 65.4 Å². The Morgan fingerprint density at radius 2 is 2.18 bits per heavy atom. The molecular formula is C12H14N2O2S. The summed E-state index contributed by atoms with van der Waals surface area (Å²) in [7, 11) is 0. The number of thiazole rings is 1. The lowest BCUT2D eigenvalue weighted by atomic mass is 10.2. The summed E-state index contributed by atoms with van der Waals surface area (Å²) in [4.78, 5) is 4.18. The van der Waals surface area contributed by atoms with Crippen LogP contribution in [0.3, 0.4) is 0 Å². The number of benzene rings is 1. The van der Waals surface area contributed by atoms with Crippen molar-refractivity contribution in [2.75, 3.05) is 6.54 Å². The minimum atomic E-state index is -0.0798. The predicted octanol–water partition coefficient (Wildman–Crippen LogP) is 1.89. The van der Waals surface area contributed by atoms with Gasteiger partial charge in [0, 0.05) is 30.5 Å². The summed E-state index contributed by atoms with van der Waals surface area (Å²) in [5.74, 6) is -0.127. The molecule has 0 aliphatic rings. The van der Waals surface area contributed by atoms with Crippen molar-refractivity contribution in [1.29, 1.82) is 0 Å². The molecule has 90 valence electrons. The van der Waals surface area contributed by atoms with Crippen LogP contribution in [0.1, 0.15) is 11.3 Å². The molecule has 0 amide bonds. The second-order valence-corrected chi connectivity index (χ2v) is 4.41. The van der Waals surface area contributed by atoms with Gasteiger partial charge in [-0.3, -0.25) is 0 Å². The van der Waals surface area contributed by atoms with Gasteiger partial charge in [0.05, 0.1) is 11.2 Å². The van der Waals surface area contributed by atoms with Crippen LogP contribution >= 0.6 is 11.3 Å². The highest BCUT2D eigenvalue weighted by Gasteiger charge is 2.04. The third kappa shape index (κ3) is 3.18. The van der Waals surface area contributed by atoms with E-state index in [-0.39, 0.29) is 11.5 Å². The summed E-state index contributed by atoms with van der Waals surface area (Å²) in [5, 5.41) is 24.1. The van der Waals surface area contributed by atoms with E-state index in [1.165, 1.54) is 6.07 Å². The Kier molecular flexibility index (Phi) is 3.95.